The van der Waals surface area contributed by atoms with Gasteiger partial charge in [0.25, 0.3) is 0 Å². The molecule has 1 unspecified atom stereocenters. The highest BCUT2D eigenvalue weighted by atomic mass is 35.5. The third-order valence-electron chi connectivity index (χ3n) is 4.95. The van der Waals surface area contributed by atoms with Crippen molar-refractivity contribution < 1.29 is 4.79 Å². The van der Waals surface area contributed by atoms with Gasteiger partial charge in [0, 0.05) is 17.7 Å². The third kappa shape index (κ3) is 3.42. The first-order chi connectivity index (χ1) is 14.0. The van der Waals surface area contributed by atoms with E-state index in [4.69, 9.17) is 28.9 Å². The van der Waals surface area contributed by atoms with Gasteiger partial charge in [-0.2, -0.15) is 5.26 Å². The summed E-state index contributed by atoms with van der Waals surface area (Å²) in [7, 11) is 0. The number of hydrogen-bond donors (Lipinski definition) is 1. The van der Waals surface area contributed by atoms with Crippen molar-refractivity contribution in [3.05, 3.63) is 56.5 Å². The average Bonchev–Trinajstić information content (AvgIpc) is 3.18. The summed E-state index contributed by atoms with van der Waals surface area (Å²) in [6.07, 6.45) is 3.71. The highest BCUT2D eigenvalue weighted by molar-refractivity contribution is 8.00. The molecule has 1 aromatic heterocycles. The van der Waals surface area contributed by atoms with Crippen LogP contribution in [0.15, 0.2) is 45.2 Å². The number of carbonyl (C=O) groups excluding carboxylic acids is 1. The lowest BCUT2D eigenvalue weighted by Gasteiger charge is -2.38. The normalized spacial score (nSPS) is 19.4. The zero-order valence-electron chi connectivity index (χ0n) is 15.3. The molecule has 0 amide bonds. The lowest BCUT2D eigenvalue weighted by Crippen LogP contribution is -2.38. The molecule has 0 spiro atoms. The molecule has 2 N–H and O–H groups in total. The number of halogens is 2. The molecular weight excluding hydrogens is 449 g/mol. The van der Waals surface area contributed by atoms with Crippen LogP contribution < -0.4 is 10.6 Å². The molecule has 2 aliphatic rings. The van der Waals surface area contributed by atoms with Crippen LogP contribution in [-0.2, 0) is 4.79 Å². The van der Waals surface area contributed by atoms with E-state index in [-0.39, 0.29) is 11.6 Å². The molecule has 4 rings (SSSR count). The smallest absolute Gasteiger partial charge is 0.219 e. The number of ketones is 1. The van der Waals surface area contributed by atoms with Crippen molar-refractivity contribution in [2.75, 3.05) is 11.2 Å². The van der Waals surface area contributed by atoms with E-state index in [0.717, 1.165) is 10.0 Å². The lowest BCUT2D eigenvalue weighted by molar-refractivity contribution is -0.116. The summed E-state index contributed by atoms with van der Waals surface area (Å²) in [4.78, 5) is 14.7. The average molecular weight is 464 g/mol. The predicted octanol–water partition coefficient (Wildman–Crippen LogP) is 4.87. The van der Waals surface area contributed by atoms with Gasteiger partial charge in [0.05, 0.1) is 27.6 Å². The second-order valence-corrected chi connectivity index (χ2v) is 9.37. The zero-order chi connectivity index (χ0) is 20.7. The largest absolute Gasteiger partial charge is 0.384 e. The predicted molar refractivity (Wildman–Crippen MR) is 116 cm³/mol. The van der Waals surface area contributed by atoms with Crippen molar-refractivity contribution in [3.63, 3.8) is 0 Å². The fourth-order valence-corrected chi connectivity index (χ4v) is 5.31. The Bertz CT molecular complexity index is 1120. The zero-order valence-corrected chi connectivity index (χ0v) is 18.4. The number of thioether (sulfide) groups is 1. The highest BCUT2D eigenvalue weighted by Crippen LogP contribution is 2.47. The van der Waals surface area contributed by atoms with Gasteiger partial charge in [-0.25, -0.2) is 0 Å². The summed E-state index contributed by atoms with van der Waals surface area (Å²) in [6.45, 7) is 0. The molecule has 1 aliphatic carbocycles. The van der Waals surface area contributed by atoms with Gasteiger partial charge in [0.2, 0.25) is 5.13 Å². The van der Waals surface area contributed by atoms with Crippen molar-refractivity contribution in [3.8, 4) is 6.07 Å². The number of hydrogen-bond acceptors (Lipinski definition) is 8. The van der Waals surface area contributed by atoms with Crippen molar-refractivity contribution in [1.82, 2.24) is 10.2 Å². The van der Waals surface area contributed by atoms with Crippen molar-refractivity contribution in [1.29, 1.82) is 5.26 Å². The minimum atomic E-state index is -0.582. The topological polar surface area (TPSA) is 95.9 Å². The maximum atomic E-state index is 13.0. The number of anilines is 1. The molecule has 0 radical (unpaired) electrons. The van der Waals surface area contributed by atoms with Crippen molar-refractivity contribution >= 4 is 57.2 Å². The molecule has 148 valence electrons. The molecule has 1 atom stereocenters. The Hall–Kier alpha value is -2.05. The van der Waals surface area contributed by atoms with Crippen LogP contribution in [0.25, 0.3) is 0 Å². The number of nitrogens with two attached hydrogens (primary N) is 1. The Kier molecular flexibility index (Phi) is 5.58. The standard InChI is InChI=1S/C19H15Cl2N5OS2/c1-28-19-25-24-18(29-19)26-13-3-2-4-14(27)16(13)15(10(8-22)17(26)23)9-5-6-11(20)12(21)7-9/h5-7,15H,2-4,23H2,1H3. The number of nitrogens with zero attached hydrogens (tertiary/aromatic N) is 4. The fraction of sp³-hybridized carbons (Fsp3) is 0.263. The van der Waals surface area contributed by atoms with Crippen LogP contribution in [0.3, 0.4) is 0 Å². The van der Waals surface area contributed by atoms with Crippen LogP contribution >= 0.6 is 46.3 Å². The maximum Gasteiger partial charge on any atom is 0.219 e. The molecule has 1 aromatic carbocycles. The number of rotatable bonds is 3. The molecule has 0 saturated heterocycles. The van der Waals surface area contributed by atoms with E-state index in [2.05, 4.69) is 16.3 Å². The van der Waals surface area contributed by atoms with E-state index in [1.54, 1.807) is 23.1 Å². The van der Waals surface area contributed by atoms with Crippen LogP contribution in [-0.4, -0.2) is 22.2 Å². The summed E-state index contributed by atoms with van der Waals surface area (Å²) in [5, 5.41) is 19.7. The van der Waals surface area contributed by atoms with Gasteiger partial charge in [-0.15, -0.1) is 10.2 Å². The SMILES string of the molecule is CSc1nnc(N2C(N)=C(C#N)C(c3ccc(Cl)c(Cl)c3)C3=C2CCCC3=O)s1. The van der Waals surface area contributed by atoms with E-state index in [0.29, 0.717) is 51.1 Å². The van der Waals surface area contributed by atoms with Gasteiger partial charge in [-0.1, -0.05) is 52.4 Å². The van der Waals surface area contributed by atoms with Crippen molar-refractivity contribution in [2.45, 2.75) is 29.5 Å². The number of aromatic nitrogens is 2. The number of Topliss-reactive ketones (excluding diaryl/α,β-unsaturated/α-hetero) is 1. The van der Waals surface area contributed by atoms with Gasteiger partial charge in [0.1, 0.15) is 5.82 Å². The number of nitriles is 1. The minimum absolute atomic E-state index is 0.00202. The Balaban J connectivity index is 1.95. The molecule has 1 aliphatic heterocycles. The first-order valence-electron chi connectivity index (χ1n) is 8.74. The van der Waals surface area contributed by atoms with Gasteiger partial charge in [-0.3, -0.25) is 9.69 Å². The molecule has 2 aromatic rings. The summed E-state index contributed by atoms with van der Waals surface area (Å²) >= 11 is 15.1. The number of allylic oxidation sites excluding steroid dienone is 3. The first kappa shape index (κ1) is 20.2. The van der Waals surface area contributed by atoms with E-state index in [1.807, 2.05) is 6.26 Å². The summed E-state index contributed by atoms with van der Waals surface area (Å²) in [6, 6.07) is 7.35. The molecule has 0 saturated carbocycles. The second kappa shape index (κ2) is 8.00. The lowest BCUT2D eigenvalue weighted by atomic mass is 9.76. The molecule has 0 fully saturated rings. The monoisotopic (exact) mass is 463 g/mol. The molecular formula is C19H15Cl2N5OS2. The van der Waals surface area contributed by atoms with Crippen LogP contribution in [0.2, 0.25) is 10.0 Å². The summed E-state index contributed by atoms with van der Waals surface area (Å²) in [5.74, 6) is -0.315. The van der Waals surface area contributed by atoms with E-state index in [1.165, 1.54) is 23.1 Å². The molecule has 2 heterocycles. The van der Waals surface area contributed by atoms with Gasteiger partial charge in [0.15, 0.2) is 10.1 Å². The van der Waals surface area contributed by atoms with Gasteiger partial charge < -0.3 is 5.73 Å². The Morgan fingerprint density at radius 1 is 1.31 bits per heavy atom. The molecule has 0 bridgehead atoms. The maximum absolute atomic E-state index is 13.0. The third-order valence-corrected chi connectivity index (χ3v) is 7.57. The number of benzene rings is 1. The Labute approximate surface area is 186 Å². The van der Waals surface area contributed by atoms with E-state index in [9.17, 15) is 10.1 Å². The number of carbonyl (C=O) groups is 1. The summed E-state index contributed by atoms with van der Waals surface area (Å²) < 4.78 is 0.780. The van der Waals surface area contributed by atoms with Crippen LogP contribution in [0.5, 0.6) is 0 Å². The van der Waals surface area contributed by atoms with E-state index < -0.39 is 5.92 Å². The van der Waals surface area contributed by atoms with Gasteiger partial charge >= 0.3 is 0 Å². The second-order valence-electron chi connectivity index (χ2n) is 6.54. The molecule has 10 heteroatoms. The van der Waals surface area contributed by atoms with Crippen LogP contribution in [0.4, 0.5) is 5.13 Å². The molecule has 29 heavy (non-hydrogen) atoms. The highest BCUT2D eigenvalue weighted by Gasteiger charge is 2.41. The quantitative estimate of drug-likeness (QED) is 0.648. The minimum Gasteiger partial charge on any atom is -0.384 e. The van der Waals surface area contributed by atoms with Crippen LogP contribution in [0.1, 0.15) is 30.7 Å². The van der Waals surface area contributed by atoms with Gasteiger partial charge in [-0.05, 0) is 36.8 Å². The Morgan fingerprint density at radius 3 is 2.76 bits per heavy atom. The van der Waals surface area contributed by atoms with E-state index >= 15 is 0 Å². The fourth-order valence-electron chi connectivity index (χ4n) is 3.71. The Morgan fingerprint density at radius 2 is 2.10 bits per heavy atom. The van der Waals surface area contributed by atoms with Crippen molar-refractivity contribution in [2.24, 2.45) is 5.73 Å². The first-order valence-corrected chi connectivity index (χ1v) is 11.5. The van der Waals surface area contributed by atoms with Crippen LogP contribution in [0, 0.1) is 11.3 Å². The molecule has 6 nitrogen and oxygen atoms in total. The summed E-state index contributed by atoms with van der Waals surface area (Å²) in [5.41, 5.74) is 8.82.